The summed E-state index contributed by atoms with van der Waals surface area (Å²) in [7, 11) is 1.56. The van der Waals surface area contributed by atoms with Gasteiger partial charge in [-0.2, -0.15) is 0 Å². The molecule has 0 radical (unpaired) electrons. The van der Waals surface area contributed by atoms with Crippen molar-refractivity contribution < 1.29 is 28.8 Å². The minimum Gasteiger partial charge on any atom is -0.391 e. The molecule has 202 valence electrons. The molecule has 1 aliphatic heterocycles. The Morgan fingerprint density at radius 1 is 1.03 bits per heavy atom. The minimum atomic E-state index is -0.866. The number of azide groups is 1. The average molecular weight is 525 g/mol. The molecular weight excluding hydrogens is 492 g/mol. The summed E-state index contributed by atoms with van der Waals surface area (Å²) in [6, 6.07) is 19.8. The number of ether oxygens (including phenoxy) is 5. The first-order valence-corrected chi connectivity index (χ1v) is 12.3. The fraction of sp³-hybridized carbons (Fsp3) is 0.462. The molecule has 2 heterocycles. The van der Waals surface area contributed by atoms with Crippen molar-refractivity contribution in [2.75, 3.05) is 20.3 Å². The van der Waals surface area contributed by atoms with E-state index in [1.165, 1.54) is 4.68 Å². The Hall–Kier alpha value is -3.35. The molecule has 0 amide bonds. The highest BCUT2D eigenvalue weighted by atomic mass is 16.7. The van der Waals surface area contributed by atoms with Crippen LogP contribution in [0.25, 0.3) is 10.4 Å². The maximum Gasteiger partial charge on any atom is 0.186 e. The summed E-state index contributed by atoms with van der Waals surface area (Å²) in [6.45, 7) is 1.34. The third-order valence-electron chi connectivity index (χ3n) is 5.94. The van der Waals surface area contributed by atoms with Gasteiger partial charge in [0.15, 0.2) is 6.29 Å². The Kier molecular flexibility index (Phi) is 10.6. The van der Waals surface area contributed by atoms with Crippen LogP contribution in [-0.2, 0) is 50.0 Å². The molecule has 1 aromatic heterocycles. The van der Waals surface area contributed by atoms with Gasteiger partial charge in [-0.15, -0.1) is 5.10 Å². The number of benzene rings is 2. The number of aliphatic hydroxyl groups is 1. The number of nitrogens with zero attached hydrogens (tertiary/aromatic N) is 6. The van der Waals surface area contributed by atoms with Gasteiger partial charge < -0.3 is 28.8 Å². The first-order valence-electron chi connectivity index (χ1n) is 12.3. The maximum absolute atomic E-state index is 9.93. The topological polar surface area (TPSA) is 146 Å². The van der Waals surface area contributed by atoms with Gasteiger partial charge in [0.2, 0.25) is 0 Å². The number of rotatable bonds is 15. The second-order valence-electron chi connectivity index (χ2n) is 8.82. The monoisotopic (exact) mass is 524 g/mol. The Balaban J connectivity index is 1.39. The fourth-order valence-corrected chi connectivity index (χ4v) is 4.11. The molecule has 1 N–H and O–H groups in total. The van der Waals surface area contributed by atoms with Crippen molar-refractivity contribution in [1.82, 2.24) is 15.0 Å². The first kappa shape index (κ1) is 27.7. The average Bonchev–Trinajstić information content (AvgIpc) is 3.54. The van der Waals surface area contributed by atoms with Crippen LogP contribution in [0.15, 0.2) is 72.0 Å². The van der Waals surface area contributed by atoms with E-state index in [9.17, 15) is 5.11 Å². The number of hydrogen-bond acceptors (Lipinski definition) is 9. The number of aromatic nitrogens is 3. The van der Waals surface area contributed by atoms with Crippen LogP contribution in [0.4, 0.5) is 0 Å². The van der Waals surface area contributed by atoms with Gasteiger partial charge in [-0.25, -0.2) is 4.68 Å². The summed E-state index contributed by atoms with van der Waals surface area (Å²) in [4.78, 5) is 2.65. The van der Waals surface area contributed by atoms with Crippen molar-refractivity contribution in [2.45, 2.75) is 57.1 Å². The normalized spacial score (nSPS) is 21.7. The van der Waals surface area contributed by atoms with Crippen molar-refractivity contribution in [3.8, 4) is 0 Å². The molecule has 1 fully saturated rings. The Morgan fingerprint density at radius 3 is 2.39 bits per heavy atom. The number of aliphatic hydroxyl groups excluding tert-OH is 1. The number of hydrogen-bond donors (Lipinski definition) is 1. The Bertz CT molecular complexity index is 1140. The van der Waals surface area contributed by atoms with E-state index in [0.29, 0.717) is 25.5 Å². The van der Waals surface area contributed by atoms with Crippen LogP contribution in [0.1, 0.15) is 16.8 Å². The molecular formula is C26H32N6O6. The molecule has 1 saturated heterocycles. The van der Waals surface area contributed by atoms with Gasteiger partial charge in [0.25, 0.3) is 0 Å². The largest absolute Gasteiger partial charge is 0.391 e. The van der Waals surface area contributed by atoms with Crippen LogP contribution in [-0.4, -0.2) is 71.1 Å². The maximum atomic E-state index is 9.93. The van der Waals surface area contributed by atoms with E-state index in [0.717, 1.165) is 11.1 Å². The van der Waals surface area contributed by atoms with E-state index in [1.54, 1.807) is 13.3 Å². The molecule has 1 unspecified atom stereocenters. The minimum absolute atomic E-state index is 0.0503. The van der Waals surface area contributed by atoms with Crippen LogP contribution in [0.5, 0.6) is 0 Å². The summed E-state index contributed by atoms with van der Waals surface area (Å²) in [5.41, 5.74) is 11.1. The van der Waals surface area contributed by atoms with Crippen LogP contribution < -0.4 is 0 Å². The van der Waals surface area contributed by atoms with Crippen LogP contribution >= 0.6 is 0 Å². The van der Waals surface area contributed by atoms with Crippen molar-refractivity contribution in [3.63, 3.8) is 0 Å². The lowest BCUT2D eigenvalue weighted by atomic mass is 10.1. The van der Waals surface area contributed by atoms with Gasteiger partial charge in [-0.05, 0) is 16.7 Å². The molecule has 0 saturated carbocycles. The van der Waals surface area contributed by atoms with Gasteiger partial charge in [-0.3, -0.25) is 0 Å². The predicted octanol–water partition coefficient (Wildman–Crippen LogP) is 3.01. The molecule has 4 rings (SSSR count). The Labute approximate surface area is 220 Å². The van der Waals surface area contributed by atoms with Gasteiger partial charge in [0, 0.05) is 12.0 Å². The van der Waals surface area contributed by atoms with Crippen molar-refractivity contribution in [3.05, 3.63) is 94.1 Å². The summed E-state index contributed by atoms with van der Waals surface area (Å²) in [5, 5.41) is 21.4. The van der Waals surface area contributed by atoms with Crippen molar-refractivity contribution in [2.24, 2.45) is 5.11 Å². The van der Waals surface area contributed by atoms with E-state index < -0.39 is 30.7 Å². The summed E-state index contributed by atoms with van der Waals surface area (Å²) < 4.78 is 31.7. The van der Waals surface area contributed by atoms with Crippen LogP contribution in [0.2, 0.25) is 0 Å². The SMILES string of the molecule is CO[C@@H]1O[C@H](COCc2ccccc2)[C@H](OCc2ccccc2)[C@H]1OCc1cn(CC(O)CN=[N+]=[N-])nn1. The summed E-state index contributed by atoms with van der Waals surface area (Å²) in [5.74, 6) is 0. The van der Waals surface area contributed by atoms with Crippen molar-refractivity contribution >= 4 is 0 Å². The highest BCUT2D eigenvalue weighted by molar-refractivity contribution is 5.14. The van der Waals surface area contributed by atoms with Gasteiger partial charge in [0.1, 0.15) is 24.0 Å². The van der Waals surface area contributed by atoms with Crippen LogP contribution in [0.3, 0.4) is 0 Å². The van der Waals surface area contributed by atoms with Gasteiger partial charge in [-0.1, -0.05) is 71.0 Å². The van der Waals surface area contributed by atoms with E-state index in [2.05, 4.69) is 20.3 Å². The van der Waals surface area contributed by atoms with Gasteiger partial charge >= 0.3 is 0 Å². The lowest BCUT2D eigenvalue weighted by molar-refractivity contribution is -0.171. The molecule has 0 spiro atoms. The number of methoxy groups -OCH3 is 1. The lowest BCUT2D eigenvalue weighted by Crippen LogP contribution is -2.39. The Morgan fingerprint density at radius 2 is 1.71 bits per heavy atom. The second kappa shape index (κ2) is 14.6. The molecule has 2 aromatic carbocycles. The van der Waals surface area contributed by atoms with E-state index in [4.69, 9.17) is 29.2 Å². The third kappa shape index (κ3) is 8.07. The van der Waals surface area contributed by atoms with Gasteiger partial charge in [0.05, 0.1) is 51.8 Å². The molecule has 38 heavy (non-hydrogen) atoms. The molecule has 1 aliphatic rings. The van der Waals surface area contributed by atoms with Crippen molar-refractivity contribution in [1.29, 1.82) is 0 Å². The second-order valence-corrected chi connectivity index (χ2v) is 8.82. The lowest BCUT2D eigenvalue weighted by Gasteiger charge is -2.24. The van der Waals surface area contributed by atoms with E-state index >= 15 is 0 Å². The fourth-order valence-electron chi connectivity index (χ4n) is 4.11. The zero-order chi connectivity index (χ0) is 26.6. The first-order chi connectivity index (χ1) is 18.7. The van der Waals surface area contributed by atoms with E-state index in [-0.39, 0.29) is 19.7 Å². The van der Waals surface area contributed by atoms with Crippen LogP contribution in [0, 0.1) is 0 Å². The zero-order valence-electron chi connectivity index (χ0n) is 21.2. The highest BCUT2D eigenvalue weighted by Gasteiger charge is 2.47. The smallest absolute Gasteiger partial charge is 0.186 e. The zero-order valence-corrected chi connectivity index (χ0v) is 21.2. The quantitative estimate of drug-likeness (QED) is 0.181. The molecule has 12 heteroatoms. The molecule has 12 nitrogen and oxygen atoms in total. The van der Waals surface area contributed by atoms with E-state index in [1.807, 2.05) is 60.7 Å². The molecule has 5 atom stereocenters. The molecule has 0 bridgehead atoms. The predicted molar refractivity (Wildman–Crippen MR) is 135 cm³/mol. The summed E-state index contributed by atoms with van der Waals surface area (Å²) >= 11 is 0. The molecule has 3 aromatic rings. The highest BCUT2D eigenvalue weighted by Crippen LogP contribution is 2.29. The molecule has 0 aliphatic carbocycles. The summed E-state index contributed by atoms with van der Waals surface area (Å²) in [6.07, 6.45) is -1.29. The third-order valence-corrected chi connectivity index (χ3v) is 5.94. The standard InChI is InChI=1S/C26H32N6O6/c1-34-26-25(37-17-21-13-32(31-29-21)14-22(33)12-28-30-27)24(36-16-20-10-6-3-7-11-20)23(38-26)18-35-15-19-8-4-2-5-9-19/h2-11,13,22-26,33H,12,14-18H2,1H3/t22?,23-,24+,25-,26-/m1/s1.